The molecule has 0 radical (unpaired) electrons. The Bertz CT molecular complexity index is 890. The highest BCUT2D eigenvalue weighted by atomic mass is 32.1. The van der Waals surface area contributed by atoms with E-state index in [0.29, 0.717) is 13.1 Å². The predicted molar refractivity (Wildman–Crippen MR) is 110 cm³/mol. The van der Waals surface area contributed by atoms with Crippen LogP contribution in [0.2, 0.25) is 0 Å². The van der Waals surface area contributed by atoms with Crippen LogP contribution in [0.3, 0.4) is 0 Å². The quantitative estimate of drug-likeness (QED) is 0.616. The molecule has 0 unspecified atom stereocenters. The van der Waals surface area contributed by atoms with E-state index in [1.54, 1.807) is 18.4 Å². The number of nitrogens with zero attached hydrogens (tertiary/aromatic N) is 1. The smallest absolute Gasteiger partial charge is 0.216 e. The summed E-state index contributed by atoms with van der Waals surface area (Å²) < 4.78 is 5.38. The zero-order chi connectivity index (χ0) is 19.1. The van der Waals surface area contributed by atoms with Crippen molar-refractivity contribution in [2.45, 2.75) is 19.9 Å². The van der Waals surface area contributed by atoms with E-state index in [4.69, 9.17) is 4.74 Å². The zero-order valence-corrected chi connectivity index (χ0v) is 16.3. The highest BCUT2D eigenvalue weighted by Gasteiger charge is 2.06. The molecular weight excluding hydrogens is 358 g/mol. The third-order valence-corrected chi connectivity index (χ3v) is 4.96. The number of para-hydroxylation sites is 1. The summed E-state index contributed by atoms with van der Waals surface area (Å²) in [7, 11) is 1.68. The summed E-state index contributed by atoms with van der Waals surface area (Å²) in [5, 5.41) is 9.11. The van der Waals surface area contributed by atoms with E-state index < -0.39 is 0 Å². The average Bonchev–Trinajstić information content (AvgIpc) is 3.16. The van der Waals surface area contributed by atoms with Gasteiger partial charge in [0, 0.05) is 36.5 Å². The number of hydrogen-bond donors (Lipinski definition) is 2. The Balaban J connectivity index is 1.59. The first-order valence-corrected chi connectivity index (χ1v) is 9.68. The van der Waals surface area contributed by atoms with Crippen molar-refractivity contribution in [3.05, 3.63) is 65.0 Å². The standard InChI is InChI=1S/C21H23N3O2S/c1-15(25)22-12-11-16-7-9-17(10-8-16)19-14-27-21(24-19)23-13-18-5-3-4-6-20(18)26-2/h3-10,14H,11-13H2,1-2H3,(H,22,25)(H,23,24). The van der Waals surface area contributed by atoms with Crippen molar-refractivity contribution in [3.8, 4) is 17.0 Å². The molecule has 0 spiro atoms. The van der Waals surface area contributed by atoms with Crippen molar-refractivity contribution in [2.24, 2.45) is 0 Å². The van der Waals surface area contributed by atoms with E-state index in [-0.39, 0.29) is 5.91 Å². The molecule has 1 amide bonds. The number of benzene rings is 2. The maximum atomic E-state index is 10.9. The monoisotopic (exact) mass is 381 g/mol. The number of nitrogens with one attached hydrogen (secondary N) is 2. The first kappa shape index (κ1) is 18.9. The molecule has 0 atom stereocenters. The number of carbonyl (C=O) groups is 1. The van der Waals surface area contributed by atoms with Crippen LogP contribution in [0.4, 0.5) is 5.13 Å². The lowest BCUT2D eigenvalue weighted by molar-refractivity contribution is -0.118. The van der Waals surface area contributed by atoms with E-state index in [0.717, 1.165) is 34.1 Å². The lowest BCUT2D eigenvalue weighted by Crippen LogP contribution is -2.22. The molecule has 1 aromatic heterocycles. The molecule has 0 saturated carbocycles. The summed E-state index contributed by atoms with van der Waals surface area (Å²) in [6.45, 7) is 2.85. The van der Waals surface area contributed by atoms with E-state index in [2.05, 4.69) is 45.3 Å². The topological polar surface area (TPSA) is 63.2 Å². The Labute approximate surface area is 163 Å². The number of amides is 1. The third-order valence-electron chi connectivity index (χ3n) is 4.16. The van der Waals surface area contributed by atoms with E-state index in [9.17, 15) is 4.79 Å². The van der Waals surface area contributed by atoms with Crippen LogP contribution in [0, 0.1) is 0 Å². The minimum absolute atomic E-state index is 0.00208. The summed E-state index contributed by atoms with van der Waals surface area (Å²) in [5.41, 5.74) is 4.33. The first-order valence-electron chi connectivity index (χ1n) is 8.81. The Morgan fingerprint density at radius 2 is 1.93 bits per heavy atom. The Morgan fingerprint density at radius 1 is 1.15 bits per heavy atom. The van der Waals surface area contributed by atoms with Gasteiger partial charge in [0.15, 0.2) is 5.13 Å². The molecule has 3 rings (SSSR count). The largest absolute Gasteiger partial charge is 0.496 e. The van der Waals surface area contributed by atoms with E-state index in [1.165, 1.54) is 12.5 Å². The number of hydrogen-bond acceptors (Lipinski definition) is 5. The molecule has 0 saturated heterocycles. The maximum absolute atomic E-state index is 10.9. The zero-order valence-electron chi connectivity index (χ0n) is 15.5. The molecule has 1 heterocycles. The number of thiazole rings is 1. The number of carbonyl (C=O) groups excluding carboxylic acids is 1. The fraction of sp³-hybridized carbons (Fsp3) is 0.238. The fourth-order valence-corrected chi connectivity index (χ4v) is 3.45. The molecule has 2 aromatic carbocycles. The molecule has 6 heteroatoms. The van der Waals surface area contributed by atoms with Crippen LogP contribution in [0.1, 0.15) is 18.1 Å². The van der Waals surface area contributed by atoms with Gasteiger partial charge >= 0.3 is 0 Å². The van der Waals surface area contributed by atoms with Gasteiger partial charge in [-0.15, -0.1) is 11.3 Å². The highest BCUT2D eigenvalue weighted by Crippen LogP contribution is 2.26. The lowest BCUT2D eigenvalue weighted by atomic mass is 10.1. The van der Waals surface area contributed by atoms with Gasteiger partial charge in [0.05, 0.1) is 12.8 Å². The highest BCUT2D eigenvalue weighted by molar-refractivity contribution is 7.14. The van der Waals surface area contributed by atoms with Gasteiger partial charge in [-0.05, 0) is 18.1 Å². The normalized spacial score (nSPS) is 10.4. The average molecular weight is 382 g/mol. The second kappa shape index (κ2) is 9.19. The summed E-state index contributed by atoms with van der Waals surface area (Å²) in [6.07, 6.45) is 0.822. The van der Waals surface area contributed by atoms with Gasteiger partial charge in [-0.25, -0.2) is 4.98 Å². The molecule has 2 N–H and O–H groups in total. The Hall–Kier alpha value is -2.86. The first-order chi connectivity index (χ1) is 13.2. The van der Waals surface area contributed by atoms with Crippen molar-refractivity contribution in [3.63, 3.8) is 0 Å². The number of aromatic nitrogens is 1. The van der Waals surface area contributed by atoms with Crippen LogP contribution in [-0.4, -0.2) is 24.5 Å². The minimum atomic E-state index is 0.00208. The number of ether oxygens (including phenoxy) is 1. The van der Waals surface area contributed by atoms with Gasteiger partial charge < -0.3 is 15.4 Å². The summed E-state index contributed by atoms with van der Waals surface area (Å²) in [5.74, 6) is 0.874. The maximum Gasteiger partial charge on any atom is 0.216 e. The molecule has 140 valence electrons. The van der Waals surface area contributed by atoms with Crippen LogP contribution in [0.5, 0.6) is 5.75 Å². The van der Waals surface area contributed by atoms with Crippen molar-refractivity contribution >= 4 is 22.4 Å². The second-order valence-electron chi connectivity index (χ2n) is 6.13. The number of anilines is 1. The molecule has 0 bridgehead atoms. The Morgan fingerprint density at radius 3 is 2.67 bits per heavy atom. The molecule has 0 fully saturated rings. The molecular formula is C21H23N3O2S. The minimum Gasteiger partial charge on any atom is -0.496 e. The predicted octanol–water partition coefficient (Wildman–Crippen LogP) is 4.11. The molecule has 0 aliphatic heterocycles. The van der Waals surface area contributed by atoms with Crippen LogP contribution < -0.4 is 15.4 Å². The fourth-order valence-electron chi connectivity index (χ4n) is 2.73. The van der Waals surface area contributed by atoms with Gasteiger partial charge in [-0.2, -0.15) is 0 Å². The second-order valence-corrected chi connectivity index (χ2v) is 6.99. The number of methoxy groups -OCH3 is 1. The van der Waals surface area contributed by atoms with Crippen molar-refractivity contribution in [1.29, 1.82) is 0 Å². The van der Waals surface area contributed by atoms with Crippen LogP contribution in [0.25, 0.3) is 11.3 Å². The van der Waals surface area contributed by atoms with Crippen LogP contribution in [-0.2, 0) is 17.8 Å². The molecule has 5 nitrogen and oxygen atoms in total. The van der Waals surface area contributed by atoms with Crippen molar-refractivity contribution < 1.29 is 9.53 Å². The van der Waals surface area contributed by atoms with Gasteiger partial charge in [0.1, 0.15) is 5.75 Å². The van der Waals surface area contributed by atoms with E-state index in [1.807, 2.05) is 24.3 Å². The molecule has 0 aliphatic carbocycles. The lowest BCUT2D eigenvalue weighted by Gasteiger charge is -2.08. The van der Waals surface area contributed by atoms with Crippen molar-refractivity contribution in [2.75, 3.05) is 19.0 Å². The summed E-state index contributed by atoms with van der Waals surface area (Å²) in [4.78, 5) is 15.6. The van der Waals surface area contributed by atoms with Gasteiger partial charge in [-0.1, -0.05) is 42.5 Å². The van der Waals surface area contributed by atoms with Crippen molar-refractivity contribution in [1.82, 2.24) is 10.3 Å². The molecule has 27 heavy (non-hydrogen) atoms. The summed E-state index contributed by atoms with van der Waals surface area (Å²) >= 11 is 1.59. The SMILES string of the molecule is COc1ccccc1CNc1nc(-c2ccc(CCNC(C)=O)cc2)cs1. The van der Waals surface area contributed by atoms with Gasteiger partial charge in [0.25, 0.3) is 0 Å². The number of rotatable bonds is 8. The van der Waals surface area contributed by atoms with Gasteiger partial charge in [0.2, 0.25) is 5.91 Å². The van der Waals surface area contributed by atoms with Crippen LogP contribution in [0.15, 0.2) is 53.9 Å². The van der Waals surface area contributed by atoms with E-state index >= 15 is 0 Å². The van der Waals surface area contributed by atoms with Gasteiger partial charge in [-0.3, -0.25) is 4.79 Å². The molecule has 3 aromatic rings. The molecule has 0 aliphatic rings. The third kappa shape index (κ3) is 5.31. The summed E-state index contributed by atoms with van der Waals surface area (Å²) in [6, 6.07) is 16.3. The van der Waals surface area contributed by atoms with Crippen LogP contribution >= 0.6 is 11.3 Å². The Kier molecular flexibility index (Phi) is 6.44.